The summed E-state index contributed by atoms with van der Waals surface area (Å²) in [5, 5.41) is 2.84. The second kappa shape index (κ2) is 9.97. The summed E-state index contributed by atoms with van der Waals surface area (Å²) in [5.74, 6) is 0.575. The van der Waals surface area contributed by atoms with Crippen LogP contribution in [0, 0.1) is 0 Å². The number of carbonyl (C=O) groups excluding carboxylic acids is 1. The molecule has 0 aliphatic carbocycles. The van der Waals surface area contributed by atoms with Gasteiger partial charge >= 0.3 is 0 Å². The number of rotatable bonds is 10. The average Bonchev–Trinajstić information content (AvgIpc) is 2.63. The molecule has 0 aliphatic heterocycles. The Kier molecular flexibility index (Phi) is 7.67. The molecule has 0 bridgehead atoms. The number of ether oxygens (including phenoxy) is 1. The van der Waals surface area contributed by atoms with Gasteiger partial charge in [0.25, 0.3) is 5.91 Å². The third-order valence-electron chi connectivity index (χ3n) is 3.81. The van der Waals surface area contributed by atoms with Crippen LogP contribution in [0.1, 0.15) is 35.7 Å². The number of sulfonamides is 1. The number of aryl methyl sites for hydroxylation is 1. The van der Waals surface area contributed by atoms with E-state index in [1.807, 2.05) is 24.3 Å². The van der Waals surface area contributed by atoms with Crippen molar-refractivity contribution < 1.29 is 17.9 Å². The molecule has 7 heteroatoms. The molecule has 0 saturated carbocycles. The van der Waals surface area contributed by atoms with Gasteiger partial charge in [0.15, 0.2) is 0 Å². The SMILES string of the molecule is CCCOc1ccccc1CCCNC(=O)c1ccccc1NS(C)(=O)=O. The monoisotopic (exact) mass is 390 g/mol. The lowest BCUT2D eigenvalue weighted by atomic mass is 10.1. The minimum absolute atomic E-state index is 0.274. The molecule has 0 unspecified atom stereocenters. The van der Waals surface area contributed by atoms with Gasteiger partial charge in [-0.15, -0.1) is 0 Å². The van der Waals surface area contributed by atoms with Crippen LogP contribution >= 0.6 is 0 Å². The normalized spacial score (nSPS) is 11.0. The minimum atomic E-state index is -3.45. The predicted molar refractivity (Wildman–Crippen MR) is 108 cm³/mol. The molecule has 0 atom stereocenters. The highest BCUT2D eigenvalue weighted by Gasteiger charge is 2.13. The molecule has 2 N–H and O–H groups in total. The number of hydrogen-bond donors (Lipinski definition) is 2. The van der Waals surface area contributed by atoms with Gasteiger partial charge in [0.1, 0.15) is 5.75 Å². The number of carbonyl (C=O) groups is 1. The van der Waals surface area contributed by atoms with E-state index in [0.717, 1.165) is 36.8 Å². The molecule has 0 fully saturated rings. The Labute approximate surface area is 161 Å². The summed E-state index contributed by atoms with van der Waals surface area (Å²) in [7, 11) is -3.45. The van der Waals surface area contributed by atoms with Crippen LogP contribution in [-0.2, 0) is 16.4 Å². The molecule has 0 radical (unpaired) electrons. The zero-order chi connectivity index (χ0) is 19.7. The quantitative estimate of drug-likeness (QED) is 0.610. The first-order valence-electron chi connectivity index (χ1n) is 8.96. The Bertz CT molecular complexity index is 866. The summed E-state index contributed by atoms with van der Waals surface area (Å²) in [6, 6.07) is 14.4. The van der Waals surface area contributed by atoms with E-state index in [2.05, 4.69) is 17.0 Å². The van der Waals surface area contributed by atoms with E-state index in [4.69, 9.17) is 4.74 Å². The summed E-state index contributed by atoms with van der Waals surface area (Å²) in [4.78, 5) is 12.4. The standard InChI is InChI=1S/C20H26N2O4S/c1-3-15-26-19-13-7-4-9-16(19)10-8-14-21-20(23)17-11-5-6-12-18(17)22-27(2,24)25/h4-7,9,11-13,22H,3,8,10,14-15H2,1-2H3,(H,21,23). The summed E-state index contributed by atoms with van der Waals surface area (Å²) in [6.07, 6.45) is 3.54. The molecule has 2 rings (SSSR count). The molecular formula is C20H26N2O4S. The number of hydrogen-bond acceptors (Lipinski definition) is 4. The molecular weight excluding hydrogens is 364 g/mol. The maximum Gasteiger partial charge on any atom is 0.253 e. The highest BCUT2D eigenvalue weighted by Crippen LogP contribution is 2.20. The molecule has 1 amide bonds. The van der Waals surface area contributed by atoms with E-state index in [9.17, 15) is 13.2 Å². The summed E-state index contributed by atoms with van der Waals surface area (Å²) in [5.41, 5.74) is 1.68. The van der Waals surface area contributed by atoms with Crippen LogP contribution in [-0.4, -0.2) is 33.7 Å². The van der Waals surface area contributed by atoms with E-state index < -0.39 is 10.0 Å². The van der Waals surface area contributed by atoms with Gasteiger partial charge in [-0.25, -0.2) is 8.42 Å². The molecule has 2 aromatic rings. The Morgan fingerprint density at radius 2 is 1.78 bits per heavy atom. The average molecular weight is 391 g/mol. The molecule has 27 heavy (non-hydrogen) atoms. The van der Waals surface area contributed by atoms with Crippen LogP contribution in [0.2, 0.25) is 0 Å². The fourth-order valence-electron chi connectivity index (χ4n) is 2.61. The highest BCUT2D eigenvalue weighted by atomic mass is 32.2. The maximum atomic E-state index is 12.4. The number of para-hydroxylation sites is 2. The third-order valence-corrected chi connectivity index (χ3v) is 4.40. The zero-order valence-corrected chi connectivity index (χ0v) is 16.5. The van der Waals surface area contributed by atoms with Gasteiger partial charge < -0.3 is 10.1 Å². The van der Waals surface area contributed by atoms with Gasteiger partial charge in [-0.05, 0) is 43.0 Å². The van der Waals surface area contributed by atoms with Gasteiger partial charge in [0.2, 0.25) is 10.0 Å². The Hall–Kier alpha value is -2.54. The molecule has 2 aromatic carbocycles. The number of benzene rings is 2. The van der Waals surface area contributed by atoms with Gasteiger partial charge in [0.05, 0.1) is 24.1 Å². The van der Waals surface area contributed by atoms with Crippen molar-refractivity contribution in [2.75, 3.05) is 24.1 Å². The zero-order valence-electron chi connectivity index (χ0n) is 15.7. The van der Waals surface area contributed by atoms with Crippen molar-refractivity contribution in [3.63, 3.8) is 0 Å². The van der Waals surface area contributed by atoms with Gasteiger partial charge in [-0.3, -0.25) is 9.52 Å². The molecule has 0 aromatic heterocycles. The van der Waals surface area contributed by atoms with Crippen molar-refractivity contribution in [2.45, 2.75) is 26.2 Å². The van der Waals surface area contributed by atoms with E-state index in [1.54, 1.807) is 24.3 Å². The van der Waals surface area contributed by atoms with Crippen LogP contribution in [0.15, 0.2) is 48.5 Å². The van der Waals surface area contributed by atoms with E-state index in [0.29, 0.717) is 18.7 Å². The Morgan fingerprint density at radius 3 is 2.52 bits per heavy atom. The van der Waals surface area contributed by atoms with Gasteiger partial charge in [0, 0.05) is 6.54 Å². The van der Waals surface area contributed by atoms with Crippen molar-refractivity contribution in [3.05, 3.63) is 59.7 Å². The fraction of sp³-hybridized carbons (Fsp3) is 0.350. The number of amides is 1. The molecule has 0 heterocycles. The molecule has 146 valence electrons. The third kappa shape index (κ3) is 6.94. The summed E-state index contributed by atoms with van der Waals surface area (Å²) >= 11 is 0. The van der Waals surface area contributed by atoms with Gasteiger partial charge in [-0.2, -0.15) is 0 Å². The molecule has 6 nitrogen and oxygen atoms in total. The summed E-state index contributed by atoms with van der Waals surface area (Å²) in [6.45, 7) is 3.22. The smallest absolute Gasteiger partial charge is 0.253 e. The largest absolute Gasteiger partial charge is 0.493 e. The first-order chi connectivity index (χ1) is 12.9. The highest BCUT2D eigenvalue weighted by molar-refractivity contribution is 7.92. The predicted octanol–water partition coefficient (Wildman–Crippen LogP) is 3.21. The van der Waals surface area contributed by atoms with Crippen LogP contribution < -0.4 is 14.8 Å². The lowest BCUT2D eigenvalue weighted by Gasteiger charge is -2.12. The molecule has 0 saturated heterocycles. The van der Waals surface area contributed by atoms with Crippen LogP contribution in [0.4, 0.5) is 5.69 Å². The topological polar surface area (TPSA) is 84.5 Å². The van der Waals surface area contributed by atoms with E-state index in [-0.39, 0.29) is 11.6 Å². The maximum absolute atomic E-state index is 12.4. The van der Waals surface area contributed by atoms with Gasteiger partial charge in [-0.1, -0.05) is 37.3 Å². The van der Waals surface area contributed by atoms with Crippen molar-refractivity contribution in [2.24, 2.45) is 0 Å². The molecule has 0 spiro atoms. The van der Waals surface area contributed by atoms with Crippen molar-refractivity contribution in [1.82, 2.24) is 5.32 Å². The minimum Gasteiger partial charge on any atom is -0.493 e. The lowest BCUT2D eigenvalue weighted by molar-refractivity contribution is 0.0954. The fourth-order valence-corrected chi connectivity index (χ4v) is 3.19. The Morgan fingerprint density at radius 1 is 1.07 bits per heavy atom. The Balaban J connectivity index is 1.91. The molecule has 0 aliphatic rings. The van der Waals surface area contributed by atoms with Crippen molar-refractivity contribution in [1.29, 1.82) is 0 Å². The number of nitrogens with one attached hydrogen (secondary N) is 2. The second-order valence-corrected chi connectivity index (χ2v) is 7.98. The lowest BCUT2D eigenvalue weighted by Crippen LogP contribution is -2.26. The summed E-state index contributed by atoms with van der Waals surface area (Å²) < 4.78 is 31.0. The van der Waals surface area contributed by atoms with E-state index in [1.165, 1.54) is 0 Å². The van der Waals surface area contributed by atoms with Crippen molar-refractivity contribution in [3.8, 4) is 5.75 Å². The first kappa shape index (κ1) is 20.8. The van der Waals surface area contributed by atoms with Crippen LogP contribution in [0.25, 0.3) is 0 Å². The van der Waals surface area contributed by atoms with Crippen molar-refractivity contribution >= 4 is 21.6 Å². The number of anilines is 1. The van der Waals surface area contributed by atoms with Crippen LogP contribution in [0.3, 0.4) is 0 Å². The second-order valence-electron chi connectivity index (χ2n) is 6.24. The van der Waals surface area contributed by atoms with E-state index >= 15 is 0 Å². The van der Waals surface area contributed by atoms with Crippen LogP contribution in [0.5, 0.6) is 5.75 Å². The first-order valence-corrected chi connectivity index (χ1v) is 10.9.